The van der Waals surface area contributed by atoms with Crippen LogP contribution in [0.3, 0.4) is 0 Å². The van der Waals surface area contributed by atoms with Gasteiger partial charge < -0.3 is 4.74 Å². The van der Waals surface area contributed by atoms with Gasteiger partial charge in [-0.25, -0.2) is 0 Å². The van der Waals surface area contributed by atoms with Crippen LogP contribution < -0.4 is 4.74 Å². The highest BCUT2D eigenvalue weighted by Crippen LogP contribution is 2.49. The lowest BCUT2D eigenvalue weighted by Gasteiger charge is -2.20. The SMILES string of the molecule is CCCCOc1cc2c(cc1C)/C(=C(\C#N)C(=O)C(C)(C)C)CC2(C)C. The molecule has 1 aliphatic rings. The van der Waals surface area contributed by atoms with Gasteiger partial charge in [0.05, 0.1) is 12.2 Å². The number of Topliss-reactive ketones (excluding diaryl/α,β-unsaturated/α-hetero) is 1. The summed E-state index contributed by atoms with van der Waals surface area (Å²) in [5.41, 5.74) is 3.75. The molecule has 26 heavy (non-hydrogen) atoms. The van der Waals surface area contributed by atoms with E-state index < -0.39 is 5.41 Å². The summed E-state index contributed by atoms with van der Waals surface area (Å²) in [4.78, 5) is 12.8. The van der Waals surface area contributed by atoms with E-state index >= 15 is 0 Å². The third-order valence-corrected chi connectivity index (χ3v) is 5.07. The van der Waals surface area contributed by atoms with Crippen molar-refractivity contribution >= 4 is 11.4 Å². The minimum absolute atomic E-state index is 0.0837. The van der Waals surface area contributed by atoms with Gasteiger partial charge in [-0.2, -0.15) is 5.26 Å². The second-order valence-electron chi connectivity index (χ2n) is 8.97. The van der Waals surface area contributed by atoms with E-state index in [1.807, 2.05) is 27.7 Å². The molecule has 0 aromatic heterocycles. The zero-order valence-corrected chi connectivity index (χ0v) is 17.2. The van der Waals surface area contributed by atoms with Crippen molar-refractivity contribution in [2.45, 2.75) is 73.1 Å². The highest BCUT2D eigenvalue weighted by molar-refractivity contribution is 6.09. The molecule has 0 unspecified atom stereocenters. The average molecular weight is 354 g/mol. The van der Waals surface area contributed by atoms with Crippen molar-refractivity contribution in [3.63, 3.8) is 0 Å². The van der Waals surface area contributed by atoms with E-state index in [4.69, 9.17) is 4.74 Å². The Kier molecular flexibility index (Phi) is 5.66. The molecule has 0 saturated carbocycles. The highest BCUT2D eigenvalue weighted by atomic mass is 16.5. The van der Waals surface area contributed by atoms with Gasteiger partial charge in [-0.1, -0.05) is 48.0 Å². The number of hydrogen-bond donors (Lipinski definition) is 0. The number of allylic oxidation sites excluding steroid dienone is 2. The molecule has 0 bridgehead atoms. The van der Waals surface area contributed by atoms with E-state index in [0.717, 1.165) is 35.3 Å². The Morgan fingerprint density at radius 3 is 2.50 bits per heavy atom. The van der Waals surface area contributed by atoms with Crippen molar-refractivity contribution in [3.8, 4) is 11.8 Å². The molecular weight excluding hydrogens is 322 g/mol. The van der Waals surface area contributed by atoms with Gasteiger partial charge in [-0.15, -0.1) is 0 Å². The molecule has 0 aliphatic heterocycles. The van der Waals surface area contributed by atoms with Crippen molar-refractivity contribution in [2.75, 3.05) is 6.61 Å². The van der Waals surface area contributed by atoms with Crippen LogP contribution in [0.5, 0.6) is 5.75 Å². The first-order valence-corrected chi connectivity index (χ1v) is 9.49. The van der Waals surface area contributed by atoms with Crippen molar-refractivity contribution in [2.24, 2.45) is 5.41 Å². The van der Waals surface area contributed by atoms with E-state index in [2.05, 4.69) is 39.0 Å². The zero-order chi connectivity index (χ0) is 19.7. The van der Waals surface area contributed by atoms with Gasteiger partial charge in [-0.05, 0) is 59.6 Å². The van der Waals surface area contributed by atoms with Crippen molar-refractivity contribution in [3.05, 3.63) is 34.4 Å². The molecule has 0 amide bonds. The van der Waals surface area contributed by atoms with Crippen LogP contribution >= 0.6 is 0 Å². The van der Waals surface area contributed by atoms with Gasteiger partial charge in [0.25, 0.3) is 0 Å². The Morgan fingerprint density at radius 1 is 1.31 bits per heavy atom. The molecule has 1 aromatic carbocycles. The number of nitrogens with zero attached hydrogens (tertiary/aromatic N) is 1. The summed E-state index contributed by atoms with van der Waals surface area (Å²) < 4.78 is 5.97. The maximum absolute atomic E-state index is 12.8. The van der Waals surface area contributed by atoms with E-state index in [0.29, 0.717) is 18.6 Å². The van der Waals surface area contributed by atoms with Gasteiger partial charge in [0.15, 0.2) is 5.78 Å². The fraction of sp³-hybridized carbons (Fsp3) is 0.565. The van der Waals surface area contributed by atoms with Gasteiger partial charge >= 0.3 is 0 Å². The smallest absolute Gasteiger partial charge is 0.178 e. The fourth-order valence-electron chi connectivity index (χ4n) is 3.47. The van der Waals surface area contributed by atoms with Crippen LogP contribution in [0.1, 0.15) is 77.5 Å². The van der Waals surface area contributed by atoms with Crippen molar-refractivity contribution < 1.29 is 9.53 Å². The summed E-state index contributed by atoms with van der Waals surface area (Å²) in [5.74, 6) is 0.826. The number of nitriles is 1. The molecule has 3 nitrogen and oxygen atoms in total. The number of carbonyl (C=O) groups is 1. The first kappa shape index (κ1) is 20.2. The molecular formula is C23H31NO2. The summed E-state index contributed by atoms with van der Waals surface area (Å²) in [6.45, 7) is 14.8. The van der Waals surface area contributed by atoms with Crippen LogP contribution in [0, 0.1) is 23.7 Å². The maximum atomic E-state index is 12.8. The standard InChI is InChI=1S/C23H31NO2/c1-8-9-10-26-20-12-19-16(11-15(20)2)17(13-23(19,6)7)18(14-24)21(25)22(3,4)5/h11-12H,8-10,13H2,1-7H3/b18-17+. The van der Waals surface area contributed by atoms with Crippen LogP contribution in [-0.4, -0.2) is 12.4 Å². The largest absolute Gasteiger partial charge is 0.493 e. The number of unbranched alkanes of at least 4 members (excludes halogenated alkanes) is 1. The van der Waals surface area contributed by atoms with Crippen molar-refractivity contribution in [1.29, 1.82) is 5.26 Å². The summed E-state index contributed by atoms with van der Waals surface area (Å²) in [7, 11) is 0. The highest BCUT2D eigenvalue weighted by Gasteiger charge is 2.38. The van der Waals surface area contributed by atoms with Gasteiger partial charge in [0.2, 0.25) is 0 Å². The first-order valence-electron chi connectivity index (χ1n) is 9.49. The molecule has 0 radical (unpaired) electrons. The lowest BCUT2D eigenvalue weighted by molar-refractivity contribution is -0.122. The fourth-order valence-corrected chi connectivity index (χ4v) is 3.47. The topological polar surface area (TPSA) is 50.1 Å². The Balaban J connectivity index is 2.59. The summed E-state index contributed by atoms with van der Waals surface area (Å²) in [5, 5.41) is 9.73. The van der Waals surface area contributed by atoms with Crippen LogP contribution in [0.25, 0.3) is 5.57 Å². The normalized spacial score (nSPS) is 17.5. The molecule has 3 heteroatoms. The predicted octanol–water partition coefficient (Wildman–Crippen LogP) is 5.75. The van der Waals surface area contributed by atoms with Crippen LogP contribution in [-0.2, 0) is 10.2 Å². The van der Waals surface area contributed by atoms with Crippen molar-refractivity contribution in [1.82, 2.24) is 0 Å². The lowest BCUT2D eigenvalue weighted by Crippen LogP contribution is -2.22. The lowest BCUT2D eigenvalue weighted by atomic mass is 9.83. The summed E-state index contributed by atoms with van der Waals surface area (Å²) in [6, 6.07) is 6.41. The second kappa shape index (κ2) is 7.27. The quantitative estimate of drug-likeness (QED) is 0.385. The number of benzene rings is 1. The van der Waals surface area contributed by atoms with Gasteiger partial charge in [0.1, 0.15) is 11.8 Å². The monoisotopic (exact) mass is 353 g/mol. The maximum Gasteiger partial charge on any atom is 0.178 e. The number of ether oxygens (including phenoxy) is 1. The predicted molar refractivity (Wildman–Crippen MR) is 106 cm³/mol. The Morgan fingerprint density at radius 2 is 1.96 bits per heavy atom. The Labute approximate surface area is 158 Å². The molecule has 2 rings (SSSR count). The number of carbonyl (C=O) groups excluding carboxylic acids is 1. The summed E-state index contributed by atoms with van der Waals surface area (Å²) in [6.07, 6.45) is 2.83. The van der Waals surface area contributed by atoms with Crippen LogP contribution in [0.15, 0.2) is 17.7 Å². The number of ketones is 1. The summed E-state index contributed by atoms with van der Waals surface area (Å²) >= 11 is 0. The number of rotatable bonds is 5. The molecule has 0 saturated heterocycles. The molecule has 1 aliphatic carbocycles. The molecule has 0 N–H and O–H groups in total. The number of fused-ring (bicyclic) bond motifs is 1. The third kappa shape index (κ3) is 3.85. The van der Waals surface area contributed by atoms with E-state index in [-0.39, 0.29) is 11.2 Å². The minimum atomic E-state index is -0.566. The van der Waals surface area contributed by atoms with Crippen LogP contribution in [0.4, 0.5) is 0 Å². The Hall–Kier alpha value is -2.08. The molecule has 0 spiro atoms. The Bertz CT molecular complexity index is 786. The van der Waals surface area contributed by atoms with Gasteiger partial charge in [0, 0.05) is 5.41 Å². The molecule has 0 heterocycles. The second-order valence-corrected chi connectivity index (χ2v) is 8.97. The number of hydrogen-bond acceptors (Lipinski definition) is 3. The molecule has 0 atom stereocenters. The molecule has 1 aromatic rings. The third-order valence-electron chi connectivity index (χ3n) is 5.07. The minimum Gasteiger partial charge on any atom is -0.493 e. The van der Waals surface area contributed by atoms with E-state index in [1.165, 1.54) is 5.56 Å². The zero-order valence-electron chi connectivity index (χ0n) is 17.2. The molecule has 140 valence electrons. The average Bonchev–Trinajstić information content (AvgIpc) is 2.78. The first-order chi connectivity index (χ1) is 12.0. The van der Waals surface area contributed by atoms with Crippen LogP contribution in [0.2, 0.25) is 0 Å². The molecule has 0 fully saturated rings. The number of aryl methyl sites for hydroxylation is 1. The van der Waals surface area contributed by atoms with E-state index in [9.17, 15) is 10.1 Å². The van der Waals surface area contributed by atoms with Gasteiger partial charge in [-0.3, -0.25) is 4.79 Å². The van der Waals surface area contributed by atoms with E-state index in [1.54, 1.807) is 0 Å².